The van der Waals surface area contributed by atoms with Crippen LogP contribution in [0, 0.1) is 6.92 Å². The molecule has 0 amide bonds. The van der Waals surface area contributed by atoms with E-state index in [1.807, 2.05) is 0 Å². The van der Waals surface area contributed by atoms with Crippen molar-refractivity contribution >= 4 is 15.8 Å². The van der Waals surface area contributed by atoms with Gasteiger partial charge < -0.3 is 5.11 Å². The van der Waals surface area contributed by atoms with E-state index in [0.717, 1.165) is 5.57 Å². The molecule has 0 saturated carbocycles. The van der Waals surface area contributed by atoms with Crippen LogP contribution in [0.2, 0.25) is 0 Å². The van der Waals surface area contributed by atoms with Crippen LogP contribution in [0.15, 0.2) is 35.2 Å². The lowest BCUT2D eigenvalue weighted by molar-refractivity contribution is 0.0696. The van der Waals surface area contributed by atoms with Crippen LogP contribution < -0.4 is 0 Å². The highest BCUT2D eigenvalue weighted by atomic mass is 32.2. The summed E-state index contributed by atoms with van der Waals surface area (Å²) in [5.74, 6) is -1.17. The number of allylic oxidation sites excluding steroid dienone is 1. The molecule has 18 heavy (non-hydrogen) atoms. The first-order valence-electron chi connectivity index (χ1n) is 5.45. The molecule has 0 aliphatic rings. The monoisotopic (exact) mass is 268 g/mol. The van der Waals surface area contributed by atoms with Crippen molar-refractivity contribution in [1.29, 1.82) is 0 Å². The molecule has 0 unspecified atom stereocenters. The third kappa shape index (κ3) is 3.20. The van der Waals surface area contributed by atoms with Crippen LogP contribution in [0.3, 0.4) is 0 Å². The molecule has 4 nitrogen and oxygen atoms in total. The van der Waals surface area contributed by atoms with E-state index in [0.29, 0.717) is 6.42 Å². The van der Waals surface area contributed by atoms with Gasteiger partial charge in [0.1, 0.15) is 0 Å². The molecule has 0 saturated heterocycles. The van der Waals surface area contributed by atoms with E-state index >= 15 is 0 Å². The molecule has 0 fully saturated rings. The molecule has 5 heteroatoms. The Hall–Kier alpha value is -1.62. The second-order valence-corrected chi connectivity index (χ2v) is 6.34. The topological polar surface area (TPSA) is 71.4 Å². The van der Waals surface area contributed by atoms with Gasteiger partial charge in [-0.1, -0.05) is 11.6 Å². The van der Waals surface area contributed by atoms with Gasteiger partial charge in [-0.2, -0.15) is 0 Å². The van der Waals surface area contributed by atoms with Gasteiger partial charge in [-0.3, -0.25) is 0 Å². The van der Waals surface area contributed by atoms with Gasteiger partial charge >= 0.3 is 5.97 Å². The fourth-order valence-corrected chi connectivity index (χ4v) is 3.30. The Morgan fingerprint density at radius 1 is 1.39 bits per heavy atom. The molecule has 0 spiro atoms. The SMILES string of the molecule is C=C(C)CCS(=O)(=O)c1cccc(C(=O)O)c1C. The summed E-state index contributed by atoms with van der Waals surface area (Å²) in [4.78, 5) is 11.0. The number of rotatable bonds is 5. The van der Waals surface area contributed by atoms with Crippen LogP contribution in [0.1, 0.15) is 29.3 Å². The summed E-state index contributed by atoms with van der Waals surface area (Å²) in [6, 6.07) is 4.29. The lowest BCUT2D eigenvalue weighted by atomic mass is 10.1. The zero-order valence-electron chi connectivity index (χ0n) is 10.4. The van der Waals surface area contributed by atoms with E-state index in [1.54, 1.807) is 6.92 Å². The normalized spacial score (nSPS) is 11.2. The molecule has 0 heterocycles. The first-order chi connectivity index (χ1) is 8.25. The van der Waals surface area contributed by atoms with Gasteiger partial charge in [-0.15, -0.1) is 6.58 Å². The van der Waals surface area contributed by atoms with E-state index in [-0.39, 0.29) is 21.8 Å². The molecule has 0 aliphatic carbocycles. The number of sulfone groups is 1. The highest BCUT2D eigenvalue weighted by molar-refractivity contribution is 7.91. The standard InChI is InChI=1S/C13H16O4S/c1-9(2)7-8-18(16,17)12-6-4-5-11(10(12)3)13(14)15/h4-6H,1,7-8H2,2-3H3,(H,14,15). The van der Waals surface area contributed by atoms with Gasteiger partial charge in [0.25, 0.3) is 0 Å². The number of carboxylic acids is 1. The second kappa shape index (κ2) is 5.35. The molecule has 1 aromatic carbocycles. The third-order valence-corrected chi connectivity index (χ3v) is 4.50. The van der Waals surface area contributed by atoms with Crippen molar-refractivity contribution in [2.75, 3.05) is 5.75 Å². The minimum atomic E-state index is -3.47. The maximum absolute atomic E-state index is 12.1. The minimum Gasteiger partial charge on any atom is -0.478 e. The Labute approximate surface area is 107 Å². The molecule has 1 aromatic rings. The van der Waals surface area contributed by atoms with E-state index in [2.05, 4.69) is 6.58 Å². The van der Waals surface area contributed by atoms with E-state index in [9.17, 15) is 13.2 Å². The van der Waals surface area contributed by atoms with Gasteiger partial charge in [0, 0.05) is 0 Å². The average molecular weight is 268 g/mol. The Kier molecular flexibility index (Phi) is 4.29. The fourth-order valence-electron chi connectivity index (χ4n) is 1.60. The summed E-state index contributed by atoms with van der Waals surface area (Å²) in [6.45, 7) is 6.93. The van der Waals surface area contributed by atoms with Crippen molar-refractivity contribution in [3.63, 3.8) is 0 Å². The Morgan fingerprint density at radius 2 is 2.00 bits per heavy atom. The number of hydrogen-bond acceptors (Lipinski definition) is 3. The Bertz CT molecular complexity index is 585. The van der Waals surface area contributed by atoms with Crippen molar-refractivity contribution in [1.82, 2.24) is 0 Å². The molecule has 1 rings (SSSR count). The number of hydrogen-bond donors (Lipinski definition) is 1. The second-order valence-electron chi connectivity index (χ2n) is 4.26. The smallest absolute Gasteiger partial charge is 0.335 e. The highest BCUT2D eigenvalue weighted by Crippen LogP contribution is 2.21. The summed E-state index contributed by atoms with van der Waals surface area (Å²) < 4.78 is 24.2. The molecule has 0 atom stereocenters. The van der Waals surface area contributed by atoms with E-state index in [1.165, 1.54) is 25.1 Å². The van der Waals surface area contributed by atoms with Gasteiger partial charge in [-0.25, -0.2) is 13.2 Å². The summed E-state index contributed by atoms with van der Waals surface area (Å²) in [6.07, 6.45) is 0.374. The van der Waals surface area contributed by atoms with Gasteiger partial charge in [-0.05, 0) is 38.0 Å². The summed E-state index contributed by atoms with van der Waals surface area (Å²) in [5.41, 5.74) is 1.09. The Morgan fingerprint density at radius 3 is 2.50 bits per heavy atom. The highest BCUT2D eigenvalue weighted by Gasteiger charge is 2.20. The van der Waals surface area contributed by atoms with Gasteiger partial charge in [0.05, 0.1) is 16.2 Å². The number of benzene rings is 1. The summed E-state index contributed by atoms with van der Waals surface area (Å²) in [7, 11) is -3.47. The van der Waals surface area contributed by atoms with Crippen LogP contribution in [0.25, 0.3) is 0 Å². The number of aromatic carboxylic acids is 1. The van der Waals surface area contributed by atoms with Gasteiger partial charge in [0.2, 0.25) is 0 Å². The van der Waals surface area contributed by atoms with Crippen molar-refractivity contribution in [3.8, 4) is 0 Å². The summed E-state index contributed by atoms with van der Waals surface area (Å²) >= 11 is 0. The molecule has 0 aromatic heterocycles. The molecule has 0 radical (unpaired) electrons. The largest absolute Gasteiger partial charge is 0.478 e. The molecular weight excluding hydrogens is 252 g/mol. The van der Waals surface area contributed by atoms with Crippen molar-refractivity contribution in [2.24, 2.45) is 0 Å². The summed E-state index contributed by atoms with van der Waals surface area (Å²) in [5, 5.41) is 8.97. The molecule has 0 bridgehead atoms. The quantitative estimate of drug-likeness (QED) is 0.832. The maximum atomic E-state index is 12.1. The van der Waals surface area contributed by atoms with Crippen molar-refractivity contribution in [3.05, 3.63) is 41.5 Å². The van der Waals surface area contributed by atoms with Crippen LogP contribution >= 0.6 is 0 Å². The zero-order valence-corrected chi connectivity index (χ0v) is 11.3. The number of carboxylic acid groups (broad SMARTS) is 1. The first kappa shape index (κ1) is 14.4. The maximum Gasteiger partial charge on any atom is 0.335 e. The van der Waals surface area contributed by atoms with Crippen LogP contribution in [0.4, 0.5) is 0 Å². The van der Waals surface area contributed by atoms with Crippen molar-refractivity contribution < 1.29 is 18.3 Å². The predicted molar refractivity (Wildman–Crippen MR) is 69.6 cm³/mol. The molecule has 0 aliphatic heterocycles. The number of carbonyl (C=O) groups is 1. The fraction of sp³-hybridized carbons (Fsp3) is 0.308. The third-order valence-electron chi connectivity index (χ3n) is 2.65. The van der Waals surface area contributed by atoms with Crippen LogP contribution in [0.5, 0.6) is 0 Å². The van der Waals surface area contributed by atoms with Gasteiger partial charge in [0.15, 0.2) is 9.84 Å². The molecule has 98 valence electrons. The lowest BCUT2D eigenvalue weighted by Gasteiger charge is -2.09. The Balaban J connectivity index is 3.21. The molecule has 1 N–H and O–H groups in total. The minimum absolute atomic E-state index is 0.0198. The molecular formula is C13H16O4S. The predicted octanol–water partition coefficient (Wildman–Crippen LogP) is 2.43. The van der Waals surface area contributed by atoms with E-state index < -0.39 is 15.8 Å². The van der Waals surface area contributed by atoms with Crippen LogP contribution in [-0.4, -0.2) is 25.2 Å². The van der Waals surface area contributed by atoms with Crippen molar-refractivity contribution in [2.45, 2.75) is 25.2 Å². The van der Waals surface area contributed by atoms with E-state index in [4.69, 9.17) is 5.11 Å². The lowest BCUT2D eigenvalue weighted by Crippen LogP contribution is -2.11. The first-order valence-corrected chi connectivity index (χ1v) is 7.11. The average Bonchev–Trinajstić information content (AvgIpc) is 2.26. The zero-order chi connectivity index (χ0) is 13.9. The van der Waals surface area contributed by atoms with Crippen LogP contribution in [-0.2, 0) is 9.84 Å².